The minimum Gasteiger partial charge on any atom is -0.354 e. The fraction of sp³-hybridized carbons (Fsp3) is 0.278. The van der Waals surface area contributed by atoms with E-state index in [4.69, 9.17) is 0 Å². The smallest absolute Gasteiger partial charge is 0.222 e. The van der Waals surface area contributed by atoms with E-state index < -0.39 is 5.92 Å². The molecule has 1 atom stereocenters. The van der Waals surface area contributed by atoms with Crippen LogP contribution in [0.1, 0.15) is 29.3 Å². The highest BCUT2D eigenvalue weighted by Gasteiger charge is 2.20. The van der Waals surface area contributed by atoms with Crippen LogP contribution in [0.5, 0.6) is 0 Å². The van der Waals surface area contributed by atoms with Crippen LogP contribution in [-0.2, 0) is 6.54 Å². The maximum absolute atomic E-state index is 9.66. The van der Waals surface area contributed by atoms with Gasteiger partial charge in [-0.15, -0.1) is 0 Å². The highest BCUT2D eigenvalue weighted by atomic mass is 79.9. The maximum atomic E-state index is 9.66. The van der Waals surface area contributed by atoms with Gasteiger partial charge in [-0.1, -0.05) is 6.07 Å². The van der Waals surface area contributed by atoms with Crippen molar-refractivity contribution in [2.75, 3.05) is 11.9 Å². The molecule has 3 rings (SSSR count). The summed E-state index contributed by atoms with van der Waals surface area (Å²) in [6, 6.07) is 9.73. The van der Waals surface area contributed by atoms with E-state index in [9.17, 15) is 5.26 Å². The molecule has 0 aromatic carbocycles. The Morgan fingerprint density at radius 2 is 2.19 bits per heavy atom. The van der Waals surface area contributed by atoms with Gasteiger partial charge in [0.2, 0.25) is 5.95 Å². The summed E-state index contributed by atoms with van der Waals surface area (Å²) in [5.41, 5.74) is 2.19. The number of aromatic nitrogens is 5. The Bertz CT molecular complexity index is 902. The summed E-state index contributed by atoms with van der Waals surface area (Å²) in [5.74, 6) is -0.0264. The van der Waals surface area contributed by atoms with Crippen molar-refractivity contribution in [3.8, 4) is 6.07 Å². The summed E-state index contributed by atoms with van der Waals surface area (Å²) >= 11 is 3.35. The first-order chi connectivity index (χ1) is 12.7. The summed E-state index contributed by atoms with van der Waals surface area (Å²) in [4.78, 5) is 13.3. The lowest BCUT2D eigenvalue weighted by Gasteiger charge is -2.13. The zero-order chi connectivity index (χ0) is 18.4. The van der Waals surface area contributed by atoms with Gasteiger partial charge in [0.05, 0.1) is 17.5 Å². The third-order valence-corrected chi connectivity index (χ3v) is 4.29. The third kappa shape index (κ3) is 4.43. The highest BCUT2D eigenvalue weighted by Crippen LogP contribution is 2.25. The van der Waals surface area contributed by atoms with E-state index in [1.807, 2.05) is 42.1 Å². The normalized spacial score (nSPS) is 11.7. The first kappa shape index (κ1) is 18.0. The molecule has 0 fully saturated rings. The van der Waals surface area contributed by atoms with Gasteiger partial charge in [0.1, 0.15) is 10.5 Å². The molecule has 7 nitrogen and oxygen atoms in total. The molecule has 26 heavy (non-hydrogen) atoms. The molecular weight excluding hydrogens is 394 g/mol. The van der Waals surface area contributed by atoms with Crippen molar-refractivity contribution in [3.05, 3.63) is 64.4 Å². The topological polar surface area (TPSA) is 92.3 Å². The zero-order valence-electron chi connectivity index (χ0n) is 14.3. The lowest BCUT2D eigenvalue weighted by Crippen LogP contribution is -2.12. The van der Waals surface area contributed by atoms with Crippen molar-refractivity contribution in [2.45, 2.75) is 25.8 Å². The van der Waals surface area contributed by atoms with Crippen LogP contribution < -0.4 is 5.32 Å². The molecule has 0 spiro atoms. The molecule has 3 aromatic heterocycles. The van der Waals surface area contributed by atoms with E-state index in [-0.39, 0.29) is 0 Å². The average Bonchev–Trinajstić information content (AvgIpc) is 3.15. The quantitative estimate of drug-likeness (QED) is 0.473. The average molecular weight is 412 g/mol. The van der Waals surface area contributed by atoms with E-state index in [1.54, 1.807) is 12.4 Å². The summed E-state index contributed by atoms with van der Waals surface area (Å²) in [7, 11) is 0. The minimum absolute atomic E-state index is 0.515. The molecule has 0 amide bonds. The monoisotopic (exact) mass is 411 g/mol. The van der Waals surface area contributed by atoms with Crippen LogP contribution in [0, 0.1) is 18.3 Å². The molecule has 0 saturated heterocycles. The van der Waals surface area contributed by atoms with Gasteiger partial charge in [0.15, 0.2) is 0 Å². The van der Waals surface area contributed by atoms with E-state index in [0.29, 0.717) is 28.5 Å². The molecule has 0 bridgehead atoms. The molecule has 0 aliphatic heterocycles. The Morgan fingerprint density at radius 1 is 1.31 bits per heavy atom. The van der Waals surface area contributed by atoms with Crippen LogP contribution in [0.2, 0.25) is 0 Å². The van der Waals surface area contributed by atoms with Gasteiger partial charge in [-0.2, -0.15) is 10.4 Å². The Morgan fingerprint density at radius 3 is 2.92 bits per heavy atom. The Kier molecular flexibility index (Phi) is 5.92. The summed E-state index contributed by atoms with van der Waals surface area (Å²) in [6.07, 6.45) is 6.33. The van der Waals surface area contributed by atoms with Crippen molar-refractivity contribution < 1.29 is 0 Å². The SMILES string of the molecule is Cc1cnc(NCCCn2cccn2)nc1C(C#N)c1cccc(Br)n1. The van der Waals surface area contributed by atoms with Crippen molar-refractivity contribution in [2.24, 2.45) is 0 Å². The van der Waals surface area contributed by atoms with Gasteiger partial charge in [-0.3, -0.25) is 4.68 Å². The van der Waals surface area contributed by atoms with E-state index >= 15 is 0 Å². The van der Waals surface area contributed by atoms with Crippen LogP contribution in [-0.4, -0.2) is 31.3 Å². The van der Waals surface area contributed by atoms with Crippen LogP contribution in [0.4, 0.5) is 5.95 Å². The number of anilines is 1. The molecule has 0 aliphatic carbocycles. The van der Waals surface area contributed by atoms with Gasteiger partial charge in [0.25, 0.3) is 0 Å². The maximum Gasteiger partial charge on any atom is 0.222 e. The Labute approximate surface area is 160 Å². The fourth-order valence-electron chi connectivity index (χ4n) is 2.56. The first-order valence-corrected chi connectivity index (χ1v) is 9.03. The Balaban J connectivity index is 1.71. The lowest BCUT2D eigenvalue weighted by molar-refractivity contribution is 0.591. The summed E-state index contributed by atoms with van der Waals surface area (Å²) in [5, 5.41) is 17.0. The van der Waals surface area contributed by atoms with Crippen molar-refractivity contribution in [1.82, 2.24) is 24.7 Å². The van der Waals surface area contributed by atoms with Crippen LogP contribution in [0.15, 0.2) is 47.5 Å². The second-order valence-corrected chi connectivity index (χ2v) is 6.57. The third-order valence-electron chi connectivity index (χ3n) is 3.85. The second kappa shape index (κ2) is 8.54. The number of hydrogen-bond donors (Lipinski definition) is 1. The summed E-state index contributed by atoms with van der Waals surface area (Å²) < 4.78 is 2.58. The molecule has 3 aromatic rings. The van der Waals surface area contributed by atoms with Crippen LogP contribution in [0.3, 0.4) is 0 Å². The minimum atomic E-state index is -0.542. The first-order valence-electron chi connectivity index (χ1n) is 8.24. The van der Waals surface area contributed by atoms with Gasteiger partial charge in [0, 0.05) is 31.7 Å². The van der Waals surface area contributed by atoms with Gasteiger partial charge >= 0.3 is 0 Å². The number of nitrogens with zero attached hydrogens (tertiary/aromatic N) is 6. The fourth-order valence-corrected chi connectivity index (χ4v) is 2.92. The molecule has 3 heterocycles. The van der Waals surface area contributed by atoms with Crippen molar-refractivity contribution in [3.63, 3.8) is 0 Å². The number of rotatable bonds is 7. The van der Waals surface area contributed by atoms with Crippen LogP contribution >= 0.6 is 15.9 Å². The molecule has 1 N–H and O–H groups in total. The molecule has 132 valence electrons. The number of halogens is 1. The highest BCUT2D eigenvalue weighted by molar-refractivity contribution is 9.10. The molecule has 0 aliphatic rings. The largest absolute Gasteiger partial charge is 0.354 e. The van der Waals surface area contributed by atoms with E-state index in [1.165, 1.54) is 0 Å². The molecular formula is C18H18BrN7. The van der Waals surface area contributed by atoms with Crippen LogP contribution in [0.25, 0.3) is 0 Å². The van der Waals surface area contributed by atoms with Gasteiger partial charge < -0.3 is 5.32 Å². The second-order valence-electron chi connectivity index (χ2n) is 5.76. The van der Waals surface area contributed by atoms with Crippen molar-refractivity contribution in [1.29, 1.82) is 5.26 Å². The van der Waals surface area contributed by atoms with E-state index in [0.717, 1.165) is 18.5 Å². The molecule has 0 radical (unpaired) electrons. The van der Waals surface area contributed by atoms with Gasteiger partial charge in [-0.05, 0) is 53.0 Å². The predicted octanol–water partition coefficient (Wildman–Crippen LogP) is 3.30. The molecule has 0 saturated carbocycles. The number of hydrogen-bond acceptors (Lipinski definition) is 6. The number of nitriles is 1. The number of pyridine rings is 1. The van der Waals surface area contributed by atoms with Crippen molar-refractivity contribution >= 4 is 21.9 Å². The lowest BCUT2D eigenvalue weighted by atomic mass is 9.99. The van der Waals surface area contributed by atoms with E-state index in [2.05, 4.69) is 47.4 Å². The zero-order valence-corrected chi connectivity index (χ0v) is 15.9. The number of nitrogens with one attached hydrogen (secondary N) is 1. The predicted molar refractivity (Wildman–Crippen MR) is 101 cm³/mol. The number of aryl methyl sites for hydroxylation is 2. The Hall–Kier alpha value is -2.79. The molecule has 8 heteroatoms. The summed E-state index contributed by atoms with van der Waals surface area (Å²) in [6.45, 7) is 3.44. The molecule has 1 unspecified atom stereocenters. The standard InChI is InChI=1S/C18H18BrN7/c1-13-12-22-18(21-7-3-9-26-10-4-8-23-26)25-17(13)14(11-20)15-5-2-6-16(19)24-15/h2,4-6,8,10,12,14H,3,7,9H2,1H3,(H,21,22,25). The van der Waals surface area contributed by atoms with Gasteiger partial charge in [-0.25, -0.2) is 15.0 Å².